The van der Waals surface area contributed by atoms with Crippen LogP contribution in [0.2, 0.25) is 0 Å². The Hall–Kier alpha value is -1.84. The summed E-state index contributed by atoms with van der Waals surface area (Å²) in [5.41, 5.74) is 2.27. The Morgan fingerprint density at radius 3 is 2.50 bits per heavy atom. The van der Waals surface area contributed by atoms with Gasteiger partial charge in [0.05, 0.1) is 5.41 Å². The zero-order valence-electron chi connectivity index (χ0n) is 12.5. The molecule has 0 unspecified atom stereocenters. The van der Waals surface area contributed by atoms with E-state index in [1.165, 1.54) is 25.7 Å². The molecule has 0 aliphatic heterocycles. The van der Waals surface area contributed by atoms with Crippen LogP contribution in [0.4, 0.5) is 5.69 Å². The van der Waals surface area contributed by atoms with Gasteiger partial charge in [-0.2, -0.15) is 0 Å². The molecule has 4 fully saturated rings. The predicted octanol–water partition coefficient (Wildman–Crippen LogP) is 3.98. The van der Waals surface area contributed by atoms with Gasteiger partial charge in [-0.15, -0.1) is 0 Å². The molecule has 2 aromatic rings. The summed E-state index contributed by atoms with van der Waals surface area (Å²) >= 11 is 0. The van der Waals surface area contributed by atoms with Crippen molar-refractivity contribution in [2.45, 2.75) is 38.5 Å². The summed E-state index contributed by atoms with van der Waals surface area (Å²) in [4.78, 5) is 17.1. The summed E-state index contributed by atoms with van der Waals surface area (Å²) in [5, 5.41) is 3.15. The molecule has 0 radical (unpaired) electrons. The van der Waals surface area contributed by atoms with Crippen LogP contribution in [0.1, 0.15) is 38.5 Å². The van der Waals surface area contributed by atoms with Crippen LogP contribution in [0.15, 0.2) is 29.0 Å². The van der Waals surface area contributed by atoms with Gasteiger partial charge in [0.1, 0.15) is 5.52 Å². The number of hydrogen-bond donors (Lipinski definition) is 1. The first-order valence-corrected chi connectivity index (χ1v) is 8.35. The largest absolute Gasteiger partial charge is 0.443 e. The van der Waals surface area contributed by atoms with E-state index in [9.17, 15) is 4.79 Å². The molecule has 22 heavy (non-hydrogen) atoms. The number of benzene rings is 1. The molecule has 4 heteroatoms. The molecule has 0 saturated heterocycles. The number of amides is 1. The first-order valence-electron chi connectivity index (χ1n) is 8.35. The van der Waals surface area contributed by atoms with Crippen molar-refractivity contribution in [1.29, 1.82) is 0 Å². The van der Waals surface area contributed by atoms with Crippen LogP contribution >= 0.6 is 0 Å². The number of nitrogens with zero attached hydrogens (tertiary/aromatic N) is 1. The summed E-state index contributed by atoms with van der Waals surface area (Å²) in [6.07, 6.45) is 8.79. The van der Waals surface area contributed by atoms with Gasteiger partial charge in [-0.3, -0.25) is 4.79 Å². The highest BCUT2D eigenvalue weighted by atomic mass is 16.3. The summed E-state index contributed by atoms with van der Waals surface area (Å²) in [6, 6.07) is 5.69. The molecule has 6 rings (SSSR count). The van der Waals surface area contributed by atoms with E-state index in [0.29, 0.717) is 0 Å². The van der Waals surface area contributed by atoms with E-state index >= 15 is 0 Å². The molecule has 0 atom stereocenters. The molecule has 114 valence electrons. The van der Waals surface area contributed by atoms with Gasteiger partial charge >= 0.3 is 0 Å². The Labute approximate surface area is 129 Å². The highest BCUT2D eigenvalue weighted by Gasteiger charge is 2.54. The standard InChI is InChI=1S/C18H20N2O2/c21-17(20-14-1-2-15-16(6-14)22-10-19-15)18-7-11-3-12(8-18)5-13(4-11)9-18/h1-2,6,10-13H,3-5,7-9H2,(H,20,21). The highest BCUT2D eigenvalue weighted by molar-refractivity contribution is 5.97. The lowest BCUT2D eigenvalue weighted by Crippen LogP contribution is -2.51. The average molecular weight is 296 g/mol. The van der Waals surface area contributed by atoms with Gasteiger partial charge in [-0.1, -0.05) is 0 Å². The molecule has 1 aromatic heterocycles. The Kier molecular flexibility index (Phi) is 2.50. The van der Waals surface area contributed by atoms with E-state index in [-0.39, 0.29) is 11.3 Å². The van der Waals surface area contributed by atoms with Gasteiger partial charge in [0, 0.05) is 11.8 Å². The predicted molar refractivity (Wildman–Crippen MR) is 83.2 cm³/mol. The van der Waals surface area contributed by atoms with E-state index in [4.69, 9.17) is 4.42 Å². The Balaban J connectivity index is 1.42. The molecule has 4 nitrogen and oxygen atoms in total. The second-order valence-electron chi connectivity index (χ2n) is 7.69. The quantitative estimate of drug-likeness (QED) is 0.912. The van der Waals surface area contributed by atoms with E-state index in [1.807, 2.05) is 18.2 Å². The second kappa shape index (κ2) is 4.34. The average Bonchev–Trinajstić information content (AvgIpc) is 2.93. The van der Waals surface area contributed by atoms with Crippen molar-refractivity contribution in [3.8, 4) is 0 Å². The van der Waals surface area contributed by atoms with Crippen LogP contribution in [0.5, 0.6) is 0 Å². The van der Waals surface area contributed by atoms with Crippen LogP contribution in [0, 0.1) is 23.2 Å². The molecule has 1 heterocycles. The van der Waals surface area contributed by atoms with E-state index in [2.05, 4.69) is 10.3 Å². The second-order valence-corrected chi connectivity index (χ2v) is 7.69. The number of carbonyl (C=O) groups is 1. The summed E-state index contributed by atoms with van der Waals surface area (Å²) in [7, 11) is 0. The maximum atomic E-state index is 13.0. The smallest absolute Gasteiger partial charge is 0.230 e. The molecule has 4 saturated carbocycles. The van der Waals surface area contributed by atoms with Crippen molar-refractivity contribution in [3.63, 3.8) is 0 Å². The minimum atomic E-state index is -0.106. The number of anilines is 1. The molecule has 1 aromatic carbocycles. The molecule has 0 spiro atoms. The van der Waals surface area contributed by atoms with E-state index in [0.717, 1.165) is 53.8 Å². The summed E-state index contributed by atoms with van der Waals surface area (Å²) in [6.45, 7) is 0. The maximum absolute atomic E-state index is 13.0. The highest BCUT2D eigenvalue weighted by Crippen LogP contribution is 2.60. The van der Waals surface area contributed by atoms with Crippen LogP contribution in [0.3, 0.4) is 0 Å². The fourth-order valence-electron chi connectivity index (χ4n) is 5.59. The number of aromatic nitrogens is 1. The number of nitrogens with one attached hydrogen (secondary N) is 1. The number of carbonyl (C=O) groups excluding carboxylic acids is 1. The SMILES string of the molecule is O=C(Nc1ccc2ncoc2c1)C12CC3CC(CC(C3)C1)C2. The molecule has 4 bridgehead atoms. The number of oxazole rings is 1. The van der Waals surface area contributed by atoms with Crippen molar-refractivity contribution >= 4 is 22.7 Å². The summed E-state index contributed by atoms with van der Waals surface area (Å²) < 4.78 is 5.33. The summed E-state index contributed by atoms with van der Waals surface area (Å²) in [5.74, 6) is 2.58. The van der Waals surface area contributed by atoms with Gasteiger partial charge in [0.2, 0.25) is 5.91 Å². The molecule has 1 amide bonds. The lowest BCUT2D eigenvalue weighted by Gasteiger charge is -2.55. The monoisotopic (exact) mass is 296 g/mol. The third-order valence-electron chi connectivity index (χ3n) is 6.11. The van der Waals surface area contributed by atoms with Gasteiger partial charge in [0.15, 0.2) is 12.0 Å². The molecular weight excluding hydrogens is 276 g/mol. The van der Waals surface area contributed by atoms with Gasteiger partial charge in [0.25, 0.3) is 0 Å². The van der Waals surface area contributed by atoms with E-state index in [1.54, 1.807) is 0 Å². The van der Waals surface area contributed by atoms with Crippen molar-refractivity contribution < 1.29 is 9.21 Å². The Morgan fingerprint density at radius 2 is 1.82 bits per heavy atom. The fraction of sp³-hybridized carbons (Fsp3) is 0.556. The van der Waals surface area contributed by atoms with Crippen LogP contribution in [0.25, 0.3) is 11.1 Å². The van der Waals surface area contributed by atoms with Crippen molar-refractivity contribution in [2.75, 3.05) is 5.32 Å². The first-order chi connectivity index (χ1) is 10.7. The zero-order chi connectivity index (χ0) is 14.7. The third kappa shape index (κ3) is 1.82. The minimum absolute atomic E-state index is 0.106. The minimum Gasteiger partial charge on any atom is -0.443 e. The zero-order valence-corrected chi connectivity index (χ0v) is 12.5. The molecule has 4 aliphatic rings. The lowest BCUT2D eigenvalue weighted by atomic mass is 9.49. The normalized spacial score (nSPS) is 35.9. The van der Waals surface area contributed by atoms with E-state index < -0.39 is 0 Å². The van der Waals surface area contributed by atoms with Gasteiger partial charge in [-0.05, 0) is 68.4 Å². The number of rotatable bonds is 2. The molecule has 1 N–H and O–H groups in total. The first kappa shape index (κ1) is 12.7. The molecular formula is C18H20N2O2. The van der Waals surface area contributed by atoms with Crippen LogP contribution < -0.4 is 5.32 Å². The number of fused-ring (bicyclic) bond motifs is 1. The fourth-order valence-corrected chi connectivity index (χ4v) is 5.59. The lowest BCUT2D eigenvalue weighted by molar-refractivity contribution is -0.140. The Bertz CT molecular complexity index is 713. The Morgan fingerprint density at radius 1 is 1.14 bits per heavy atom. The third-order valence-corrected chi connectivity index (χ3v) is 6.11. The molecule has 4 aliphatic carbocycles. The van der Waals surface area contributed by atoms with Gasteiger partial charge < -0.3 is 9.73 Å². The van der Waals surface area contributed by atoms with Crippen LogP contribution in [-0.2, 0) is 4.79 Å². The van der Waals surface area contributed by atoms with Crippen LogP contribution in [-0.4, -0.2) is 10.9 Å². The van der Waals surface area contributed by atoms with Crippen molar-refractivity contribution in [3.05, 3.63) is 24.6 Å². The van der Waals surface area contributed by atoms with Crippen molar-refractivity contribution in [2.24, 2.45) is 23.2 Å². The van der Waals surface area contributed by atoms with Gasteiger partial charge in [-0.25, -0.2) is 4.98 Å². The topological polar surface area (TPSA) is 55.1 Å². The number of hydrogen-bond acceptors (Lipinski definition) is 3. The maximum Gasteiger partial charge on any atom is 0.230 e. The van der Waals surface area contributed by atoms with Crippen molar-refractivity contribution in [1.82, 2.24) is 4.98 Å².